The third-order valence-electron chi connectivity index (χ3n) is 3.51. The fourth-order valence-corrected chi connectivity index (χ4v) is 2.84. The van der Waals surface area contributed by atoms with Gasteiger partial charge in [0.2, 0.25) is 0 Å². The first-order valence-corrected chi connectivity index (χ1v) is 9.10. The molecular formula is C19H14N4O5S. The van der Waals surface area contributed by atoms with Crippen LogP contribution in [-0.4, -0.2) is 23.0 Å². The third kappa shape index (κ3) is 5.47. The molecule has 0 fully saturated rings. The topological polar surface area (TPSA) is 127 Å². The molecule has 29 heavy (non-hydrogen) atoms. The van der Waals surface area contributed by atoms with Crippen molar-refractivity contribution in [3.8, 4) is 0 Å². The van der Waals surface area contributed by atoms with Crippen LogP contribution in [0.3, 0.4) is 0 Å². The predicted octanol–water partition coefficient (Wildman–Crippen LogP) is 3.17. The van der Waals surface area contributed by atoms with Gasteiger partial charge < -0.3 is 9.73 Å². The molecule has 3 rings (SSSR count). The van der Waals surface area contributed by atoms with E-state index in [4.69, 9.17) is 4.42 Å². The number of hydrazone groups is 1. The Labute approximate surface area is 168 Å². The molecule has 1 aromatic carbocycles. The van der Waals surface area contributed by atoms with Crippen LogP contribution >= 0.6 is 11.3 Å². The second-order valence-electron chi connectivity index (χ2n) is 5.53. The van der Waals surface area contributed by atoms with Crippen molar-refractivity contribution in [2.24, 2.45) is 5.10 Å². The summed E-state index contributed by atoms with van der Waals surface area (Å²) in [5.74, 6) is -1.46. The molecule has 2 aromatic heterocycles. The zero-order chi connectivity index (χ0) is 20.6. The largest absolute Gasteiger partial charge is 0.433 e. The molecule has 2 amide bonds. The van der Waals surface area contributed by atoms with Crippen molar-refractivity contribution in [1.82, 2.24) is 10.7 Å². The normalized spacial score (nSPS) is 11.4. The monoisotopic (exact) mass is 410 g/mol. The van der Waals surface area contributed by atoms with Crippen LogP contribution in [0, 0.1) is 10.1 Å². The number of furan rings is 1. The molecule has 0 aliphatic rings. The molecule has 10 heteroatoms. The van der Waals surface area contributed by atoms with Crippen LogP contribution in [0.25, 0.3) is 6.08 Å². The van der Waals surface area contributed by atoms with Gasteiger partial charge >= 0.3 is 5.88 Å². The van der Waals surface area contributed by atoms with Gasteiger partial charge in [-0.15, -0.1) is 11.3 Å². The molecule has 9 nitrogen and oxygen atoms in total. The lowest BCUT2D eigenvalue weighted by atomic mass is 10.2. The van der Waals surface area contributed by atoms with Crippen LogP contribution in [0.15, 0.2) is 75.2 Å². The summed E-state index contributed by atoms with van der Waals surface area (Å²) in [7, 11) is 0. The predicted molar refractivity (Wildman–Crippen MR) is 107 cm³/mol. The number of nitrogens with zero attached hydrogens (tertiary/aromatic N) is 2. The fraction of sp³-hybridized carbons (Fsp3) is 0. The lowest BCUT2D eigenvalue weighted by Gasteiger charge is -2.08. The quantitative estimate of drug-likeness (QED) is 0.268. The molecule has 0 unspecified atom stereocenters. The summed E-state index contributed by atoms with van der Waals surface area (Å²) in [5.41, 5.74) is 2.64. The van der Waals surface area contributed by atoms with Crippen LogP contribution in [0.2, 0.25) is 0 Å². The highest BCUT2D eigenvalue weighted by Crippen LogP contribution is 2.14. The average molecular weight is 410 g/mol. The molecule has 0 spiro atoms. The molecule has 0 radical (unpaired) electrons. The lowest BCUT2D eigenvalue weighted by molar-refractivity contribution is -0.402. The van der Waals surface area contributed by atoms with Crippen molar-refractivity contribution in [2.75, 3.05) is 0 Å². The van der Waals surface area contributed by atoms with Gasteiger partial charge in [0.25, 0.3) is 11.8 Å². The maximum Gasteiger partial charge on any atom is 0.433 e. The van der Waals surface area contributed by atoms with E-state index in [1.54, 1.807) is 36.4 Å². The number of amides is 2. The van der Waals surface area contributed by atoms with Gasteiger partial charge in [0.15, 0.2) is 5.76 Å². The van der Waals surface area contributed by atoms with E-state index in [0.717, 1.165) is 11.1 Å². The third-order valence-corrected chi connectivity index (χ3v) is 4.33. The Kier molecular flexibility index (Phi) is 6.28. The number of thiophene rings is 1. The van der Waals surface area contributed by atoms with E-state index in [-0.39, 0.29) is 11.5 Å². The Hall–Kier alpha value is -4.05. The van der Waals surface area contributed by atoms with E-state index in [0.29, 0.717) is 5.56 Å². The van der Waals surface area contributed by atoms with Crippen LogP contribution in [0.5, 0.6) is 0 Å². The number of hydrogen-bond acceptors (Lipinski definition) is 7. The number of hydrogen-bond donors (Lipinski definition) is 2. The highest BCUT2D eigenvalue weighted by atomic mass is 32.1. The van der Waals surface area contributed by atoms with Gasteiger partial charge in [0.1, 0.15) is 10.6 Å². The molecule has 0 aliphatic heterocycles. The van der Waals surface area contributed by atoms with Gasteiger partial charge in [-0.2, -0.15) is 5.10 Å². The van der Waals surface area contributed by atoms with E-state index < -0.39 is 22.6 Å². The minimum Gasteiger partial charge on any atom is -0.400 e. The summed E-state index contributed by atoms with van der Waals surface area (Å²) in [5, 5.41) is 18.7. The van der Waals surface area contributed by atoms with E-state index in [2.05, 4.69) is 15.8 Å². The summed E-state index contributed by atoms with van der Waals surface area (Å²) >= 11 is 1.39. The highest BCUT2D eigenvalue weighted by Gasteiger charge is 2.15. The molecule has 146 valence electrons. The van der Waals surface area contributed by atoms with Crippen molar-refractivity contribution in [3.63, 3.8) is 0 Å². The summed E-state index contributed by atoms with van der Waals surface area (Å²) in [6, 6.07) is 14.6. The first-order chi connectivity index (χ1) is 14.0. The molecule has 0 bridgehead atoms. The van der Waals surface area contributed by atoms with Crippen molar-refractivity contribution >= 4 is 41.3 Å². The summed E-state index contributed by atoms with van der Waals surface area (Å²) in [6.07, 6.45) is 2.64. The molecule has 3 aromatic rings. The zero-order valence-electron chi connectivity index (χ0n) is 14.8. The number of nitrogens with one attached hydrogen (secondary N) is 2. The Bertz CT molecular complexity index is 1070. The molecule has 2 N–H and O–H groups in total. The van der Waals surface area contributed by atoms with Crippen LogP contribution < -0.4 is 10.7 Å². The van der Waals surface area contributed by atoms with Crippen LogP contribution in [0.4, 0.5) is 5.88 Å². The standard InChI is InChI=1S/C19H14N4O5S/c24-18(13-5-2-1-3-6-13)21-16(11-15-7-4-10-29-15)19(25)22-20-12-14-8-9-17(28-14)23(26)27/h1-12H,(H,21,24)(H,22,25)/b16-11+,20-12-. The molecule has 0 atom stereocenters. The number of carbonyl (C=O) groups excluding carboxylic acids is 2. The van der Waals surface area contributed by atoms with E-state index in [9.17, 15) is 19.7 Å². The number of rotatable bonds is 7. The van der Waals surface area contributed by atoms with Gasteiger partial charge in [-0.3, -0.25) is 19.7 Å². The Balaban J connectivity index is 1.73. The van der Waals surface area contributed by atoms with Crippen LogP contribution in [-0.2, 0) is 4.79 Å². The summed E-state index contributed by atoms with van der Waals surface area (Å²) in [4.78, 5) is 35.6. The zero-order valence-corrected chi connectivity index (χ0v) is 15.6. The van der Waals surface area contributed by atoms with Crippen LogP contribution in [0.1, 0.15) is 21.0 Å². The van der Waals surface area contributed by atoms with E-state index >= 15 is 0 Å². The van der Waals surface area contributed by atoms with Crippen molar-refractivity contribution in [2.45, 2.75) is 0 Å². The minimum atomic E-state index is -0.684. The number of nitro groups is 1. The number of benzene rings is 1. The minimum absolute atomic E-state index is 0.0103. The maximum absolute atomic E-state index is 12.5. The van der Waals surface area contributed by atoms with Gasteiger partial charge in [0.05, 0.1) is 12.3 Å². The maximum atomic E-state index is 12.5. The second-order valence-corrected chi connectivity index (χ2v) is 6.51. The first kappa shape index (κ1) is 19.7. The van der Waals surface area contributed by atoms with Gasteiger partial charge in [-0.1, -0.05) is 24.3 Å². The van der Waals surface area contributed by atoms with Gasteiger partial charge in [-0.25, -0.2) is 5.43 Å². The average Bonchev–Trinajstić information content (AvgIpc) is 3.40. The molecule has 0 saturated carbocycles. The Morgan fingerprint density at radius 2 is 1.90 bits per heavy atom. The SMILES string of the molecule is O=C(N/N=C\c1ccc([N+](=O)[O-])o1)/C(=C\c1cccs1)NC(=O)c1ccccc1. The molecule has 2 heterocycles. The van der Waals surface area contributed by atoms with E-state index in [1.807, 2.05) is 11.4 Å². The first-order valence-electron chi connectivity index (χ1n) is 8.22. The second kappa shape index (κ2) is 9.24. The van der Waals surface area contributed by atoms with Crippen molar-refractivity contribution < 1.29 is 18.9 Å². The molecular weight excluding hydrogens is 396 g/mol. The van der Waals surface area contributed by atoms with Crippen molar-refractivity contribution in [1.29, 1.82) is 0 Å². The molecule has 0 aliphatic carbocycles. The van der Waals surface area contributed by atoms with E-state index in [1.165, 1.54) is 29.5 Å². The summed E-state index contributed by atoms with van der Waals surface area (Å²) < 4.78 is 4.91. The smallest absolute Gasteiger partial charge is 0.400 e. The summed E-state index contributed by atoms with van der Waals surface area (Å²) in [6.45, 7) is 0. The van der Waals surface area contributed by atoms with Gasteiger partial charge in [0, 0.05) is 10.4 Å². The number of carbonyl (C=O) groups is 2. The highest BCUT2D eigenvalue weighted by molar-refractivity contribution is 7.10. The lowest BCUT2D eigenvalue weighted by Crippen LogP contribution is -2.32. The molecule has 0 saturated heterocycles. The fourth-order valence-electron chi connectivity index (χ4n) is 2.18. The van der Waals surface area contributed by atoms with Crippen molar-refractivity contribution in [3.05, 3.63) is 92.0 Å². The Morgan fingerprint density at radius 1 is 1.10 bits per heavy atom. The Morgan fingerprint density at radius 3 is 2.55 bits per heavy atom. The van der Waals surface area contributed by atoms with Gasteiger partial charge in [-0.05, 0) is 35.7 Å².